The summed E-state index contributed by atoms with van der Waals surface area (Å²) in [4.78, 5) is 19.6. The van der Waals surface area contributed by atoms with E-state index >= 15 is 0 Å². The van der Waals surface area contributed by atoms with Gasteiger partial charge in [0.1, 0.15) is 5.82 Å². The number of carbonyl (C=O) groups excluding carboxylic acids is 1. The van der Waals surface area contributed by atoms with Gasteiger partial charge in [-0.05, 0) is 24.8 Å². The van der Waals surface area contributed by atoms with Crippen molar-refractivity contribution in [1.82, 2.24) is 10.3 Å². The Morgan fingerprint density at radius 2 is 2.07 bits per heavy atom. The molecule has 0 bridgehead atoms. The molecule has 0 aromatic carbocycles. The fourth-order valence-corrected chi connectivity index (χ4v) is 4.09. The minimum Gasteiger partial charge on any atom is -0.396 e. The van der Waals surface area contributed by atoms with Crippen LogP contribution in [0, 0.1) is 11.3 Å². The Morgan fingerprint density at radius 1 is 1.37 bits per heavy atom. The summed E-state index contributed by atoms with van der Waals surface area (Å²) in [6.07, 6.45) is 6.24. The van der Waals surface area contributed by atoms with Crippen molar-refractivity contribution < 1.29 is 9.53 Å². The molecule has 1 saturated carbocycles. The van der Waals surface area contributed by atoms with Crippen molar-refractivity contribution in [2.75, 3.05) is 56.3 Å². The molecular weight excluding hydrogens is 342 g/mol. The number of nitrogens with zero attached hydrogens (tertiary/aromatic N) is 2. The molecule has 4 N–H and O–H groups in total. The van der Waals surface area contributed by atoms with Crippen molar-refractivity contribution in [3.05, 3.63) is 11.6 Å². The zero-order chi connectivity index (χ0) is 19.4. The van der Waals surface area contributed by atoms with Crippen molar-refractivity contribution in [3.8, 4) is 0 Å². The molecular formula is C20H33N5O2. The third-order valence-corrected chi connectivity index (χ3v) is 5.67. The lowest BCUT2D eigenvalue weighted by molar-refractivity contribution is -0.0952. The van der Waals surface area contributed by atoms with E-state index in [2.05, 4.69) is 22.5 Å². The van der Waals surface area contributed by atoms with Crippen LogP contribution in [-0.2, 0) is 4.74 Å². The first kappa shape index (κ1) is 19.7. The number of hydrogen-bond donors (Lipinski definition) is 3. The highest BCUT2D eigenvalue weighted by Crippen LogP contribution is 2.32. The van der Waals surface area contributed by atoms with Gasteiger partial charge in [-0.1, -0.05) is 26.2 Å². The van der Waals surface area contributed by atoms with Gasteiger partial charge in [0, 0.05) is 32.6 Å². The average molecular weight is 376 g/mol. The minimum absolute atomic E-state index is 0.0907. The van der Waals surface area contributed by atoms with Gasteiger partial charge < -0.3 is 26.0 Å². The van der Waals surface area contributed by atoms with E-state index in [9.17, 15) is 4.79 Å². The molecule has 0 spiro atoms. The van der Waals surface area contributed by atoms with E-state index in [1.165, 1.54) is 32.1 Å². The molecule has 0 atom stereocenters. The fraction of sp³-hybridized carbons (Fsp3) is 0.700. The van der Waals surface area contributed by atoms with E-state index in [1.807, 2.05) is 11.9 Å². The van der Waals surface area contributed by atoms with Gasteiger partial charge in [0.2, 0.25) is 0 Å². The Morgan fingerprint density at radius 3 is 2.67 bits per heavy atom. The number of ether oxygens (including phenoxy) is 1. The third kappa shape index (κ3) is 4.64. The maximum absolute atomic E-state index is 12.9. The summed E-state index contributed by atoms with van der Waals surface area (Å²) < 4.78 is 5.36. The maximum atomic E-state index is 12.9. The maximum Gasteiger partial charge on any atom is 0.255 e. The molecule has 7 heteroatoms. The lowest BCUT2D eigenvalue weighted by Gasteiger charge is -2.41. The quantitative estimate of drug-likeness (QED) is 0.678. The van der Waals surface area contributed by atoms with Gasteiger partial charge in [-0.3, -0.25) is 4.79 Å². The summed E-state index contributed by atoms with van der Waals surface area (Å²) in [6.45, 7) is 5.14. The molecule has 2 heterocycles. The van der Waals surface area contributed by atoms with Gasteiger partial charge in [-0.15, -0.1) is 0 Å². The lowest BCUT2D eigenvalue weighted by Crippen LogP contribution is -2.48. The number of aromatic nitrogens is 1. The smallest absolute Gasteiger partial charge is 0.255 e. The number of pyridine rings is 1. The van der Waals surface area contributed by atoms with Gasteiger partial charge in [-0.25, -0.2) is 4.98 Å². The molecule has 7 nitrogen and oxygen atoms in total. The number of nitrogens with one attached hydrogen (secondary N) is 2. The minimum atomic E-state index is -0.0979. The summed E-state index contributed by atoms with van der Waals surface area (Å²) in [5.41, 5.74) is 7.21. The number of carbonyl (C=O) groups is 1. The standard InChI is InChI=1S/C20H33N5O2/c1-20(12-27-13-20)11-25(3)18-15(9-16(21)17(22-2)24-18)19(26)23-10-14-7-5-4-6-8-14/h9,14H,4-8,10-13,21H2,1-3H3,(H,22,24)(H,23,26). The van der Waals surface area contributed by atoms with Gasteiger partial charge in [0.05, 0.1) is 24.5 Å². The second-order valence-corrected chi connectivity index (χ2v) is 8.42. The summed E-state index contributed by atoms with van der Waals surface area (Å²) in [5.74, 6) is 1.73. The SMILES string of the molecule is CNc1nc(N(C)CC2(C)COC2)c(C(=O)NCC2CCCCC2)cc1N. The molecule has 3 rings (SSSR count). The van der Waals surface area contributed by atoms with Crippen LogP contribution in [0.5, 0.6) is 0 Å². The molecule has 1 saturated heterocycles. The van der Waals surface area contributed by atoms with Gasteiger partial charge in [0.15, 0.2) is 5.82 Å². The van der Waals surface area contributed by atoms with Crippen LogP contribution in [0.1, 0.15) is 49.4 Å². The number of nitrogens with two attached hydrogens (primary N) is 1. The molecule has 27 heavy (non-hydrogen) atoms. The van der Waals surface area contributed by atoms with Crippen molar-refractivity contribution in [3.63, 3.8) is 0 Å². The van der Waals surface area contributed by atoms with Crippen LogP contribution in [0.15, 0.2) is 6.07 Å². The van der Waals surface area contributed by atoms with Crippen LogP contribution in [0.4, 0.5) is 17.3 Å². The number of nitrogen functional groups attached to an aromatic ring is 1. The zero-order valence-corrected chi connectivity index (χ0v) is 16.8. The normalized spacial score (nSPS) is 19.2. The second kappa shape index (κ2) is 8.33. The summed E-state index contributed by atoms with van der Waals surface area (Å²) in [5, 5.41) is 6.13. The molecule has 2 aliphatic rings. The number of rotatable bonds is 7. The summed E-state index contributed by atoms with van der Waals surface area (Å²) >= 11 is 0. The van der Waals surface area contributed by atoms with E-state index < -0.39 is 0 Å². The number of anilines is 3. The predicted molar refractivity (Wildman–Crippen MR) is 109 cm³/mol. The topological polar surface area (TPSA) is 92.5 Å². The Labute approximate surface area is 162 Å². The summed E-state index contributed by atoms with van der Waals surface area (Å²) in [7, 11) is 3.76. The number of amides is 1. The van der Waals surface area contributed by atoms with E-state index in [1.54, 1.807) is 13.1 Å². The van der Waals surface area contributed by atoms with Gasteiger partial charge in [0.25, 0.3) is 5.91 Å². The van der Waals surface area contributed by atoms with Gasteiger partial charge in [-0.2, -0.15) is 0 Å². The van der Waals surface area contributed by atoms with Crippen molar-refractivity contribution >= 4 is 23.2 Å². The first-order valence-corrected chi connectivity index (χ1v) is 9.97. The monoisotopic (exact) mass is 375 g/mol. The van der Waals surface area contributed by atoms with Crippen LogP contribution >= 0.6 is 0 Å². The highest BCUT2D eigenvalue weighted by molar-refractivity contribution is 6.00. The molecule has 150 valence electrons. The van der Waals surface area contributed by atoms with E-state index in [4.69, 9.17) is 10.5 Å². The Kier molecular flexibility index (Phi) is 6.09. The fourth-order valence-electron chi connectivity index (χ4n) is 4.09. The zero-order valence-electron chi connectivity index (χ0n) is 16.8. The second-order valence-electron chi connectivity index (χ2n) is 8.42. The van der Waals surface area contributed by atoms with Gasteiger partial charge >= 0.3 is 0 Å². The molecule has 0 radical (unpaired) electrons. The first-order valence-electron chi connectivity index (χ1n) is 9.97. The largest absolute Gasteiger partial charge is 0.396 e. The van der Waals surface area contributed by atoms with Crippen LogP contribution in [0.3, 0.4) is 0 Å². The molecule has 0 unspecified atom stereocenters. The third-order valence-electron chi connectivity index (χ3n) is 5.67. The van der Waals surface area contributed by atoms with Crippen molar-refractivity contribution in [1.29, 1.82) is 0 Å². The lowest BCUT2D eigenvalue weighted by atomic mass is 9.88. The molecule has 1 aromatic heterocycles. The molecule has 2 fully saturated rings. The molecule has 1 aliphatic heterocycles. The van der Waals surface area contributed by atoms with Crippen LogP contribution in [0.2, 0.25) is 0 Å². The van der Waals surface area contributed by atoms with E-state index in [0.717, 1.165) is 26.3 Å². The summed E-state index contributed by atoms with van der Waals surface area (Å²) in [6, 6.07) is 1.74. The highest BCUT2D eigenvalue weighted by atomic mass is 16.5. The number of hydrogen-bond acceptors (Lipinski definition) is 6. The highest BCUT2D eigenvalue weighted by Gasteiger charge is 2.35. The van der Waals surface area contributed by atoms with E-state index in [-0.39, 0.29) is 11.3 Å². The van der Waals surface area contributed by atoms with Crippen molar-refractivity contribution in [2.45, 2.75) is 39.0 Å². The predicted octanol–water partition coefficient (Wildman–Crippen LogP) is 2.49. The van der Waals surface area contributed by atoms with Crippen LogP contribution in [0.25, 0.3) is 0 Å². The Balaban J connectivity index is 1.76. The molecule has 1 aromatic rings. The first-order chi connectivity index (χ1) is 12.9. The average Bonchev–Trinajstić information content (AvgIpc) is 2.65. The van der Waals surface area contributed by atoms with E-state index in [0.29, 0.717) is 28.8 Å². The van der Waals surface area contributed by atoms with Crippen LogP contribution < -0.4 is 21.3 Å². The Bertz CT molecular complexity index is 669. The molecule has 1 aliphatic carbocycles. The van der Waals surface area contributed by atoms with Crippen LogP contribution in [-0.4, -0.2) is 51.3 Å². The van der Waals surface area contributed by atoms with Crippen molar-refractivity contribution in [2.24, 2.45) is 11.3 Å². The molecule has 1 amide bonds. The Hall–Kier alpha value is -2.02.